The number of piperidine rings is 1. The first-order valence-electron chi connectivity index (χ1n) is 5.74. The highest BCUT2D eigenvalue weighted by molar-refractivity contribution is 5.23. The van der Waals surface area contributed by atoms with E-state index < -0.39 is 5.60 Å². The fourth-order valence-electron chi connectivity index (χ4n) is 2.41. The smallest absolute Gasteiger partial charge is 0.0948 e. The standard InChI is InChI=1S/C13H19NO2/c1-11-10-14(16-2)9-8-13(11,15)12-6-4-3-5-7-12/h3-7,11,15H,8-10H2,1-2H3. The van der Waals surface area contributed by atoms with Crippen molar-refractivity contribution in [2.45, 2.75) is 18.9 Å². The van der Waals surface area contributed by atoms with Crippen molar-refractivity contribution in [1.82, 2.24) is 5.06 Å². The Morgan fingerprint density at radius 2 is 2.06 bits per heavy atom. The van der Waals surface area contributed by atoms with Crippen molar-refractivity contribution in [2.24, 2.45) is 5.92 Å². The number of nitrogens with zero attached hydrogens (tertiary/aromatic N) is 1. The molecule has 1 aromatic rings. The molecule has 0 amide bonds. The molecule has 88 valence electrons. The van der Waals surface area contributed by atoms with Crippen LogP contribution in [0.1, 0.15) is 18.9 Å². The van der Waals surface area contributed by atoms with Gasteiger partial charge in [0.05, 0.1) is 12.7 Å². The predicted molar refractivity (Wildman–Crippen MR) is 62.7 cm³/mol. The van der Waals surface area contributed by atoms with Gasteiger partial charge in [-0.1, -0.05) is 37.3 Å². The predicted octanol–water partition coefficient (Wildman–Crippen LogP) is 1.78. The van der Waals surface area contributed by atoms with Crippen molar-refractivity contribution in [3.8, 4) is 0 Å². The van der Waals surface area contributed by atoms with E-state index in [1.165, 1.54) is 0 Å². The minimum atomic E-state index is -0.712. The lowest BCUT2D eigenvalue weighted by Gasteiger charge is -2.42. The number of benzene rings is 1. The van der Waals surface area contributed by atoms with Gasteiger partial charge in [-0.05, 0) is 12.0 Å². The maximum absolute atomic E-state index is 10.7. The van der Waals surface area contributed by atoms with Gasteiger partial charge in [-0.15, -0.1) is 0 Å². The zero-order valence-corrected chi connectivity index (χ0v) is 9.89. The van der Waals surface area contributed by atoms with Crippen LogP contribution in [0.5, 0.6) is 0 Å². The molecule has 1 saturated heterocycles. The van der Waals surface area contributed by atoms with Gasteiger partial charge in [-0.25, -0.2) is 0 Å². The minimum absolute atomic E-state index is 0.170. The van der Waals surface area contributed by atoms with Gasteiger partial charge >= 0.3 is 0 Å². The molecule has 1 aromatic carbocycles. The summed E-state index contributed by atoms with van der Waals surface area (Å²) in [7, 11) is 1.68. The summed E-state index contributed by atoms with van der Waals surface area (Å²) >= 11 is 0. The van der Waals surface area contributed by atoms with Crippen molar-refractivity contribution in [2.75, 3.05) is 20.2 Å². The Bertz CT molecular complexity index is 341. The monoisotopic (exact) mass is 221 g/mol. The molecule has 0 radical (unpaired) electrons. The maximum Gasteiger partial charge on any atom is 0.0948 e. The molecule has 2 unspecified atom stereocenters. The Balaban J connectivity index is 2.20. The summed E-state index contributed by atoms with van der Waals surface area (Å²) in [6, 6.07) is 9.92. The van der Waals surface area contributed by atoms with Gasteiger partial charge in [0.1, 0.15) is 0 Å². The third kappa shape index (κ3) is 1.98. The van der Waals surface area contributed by atoms with Gasteiger partial charge in [-0.2, -0.15) is 5.06 Å². The summed E-state index contributed by atoms with van der Waals surface area (Å²) in [5, 5.41) is 12.6. The molecule has 1 N–H and O–H groups in total. The van der Waals surface area contributed by atoms with E-state index in [0.29, 0.717) is 6.42 Å². The second-order valence-electron chi connectivity index (χ2n) is 4.51. The Morgan fingerprint density at radius 3 is 2.62 bits per heavy atom. The molecule has 0 aliphatic carbocycles. The summed E-state index contributed by atoms with van der Waals surface area (Å²) in [5.74, 6) is 0.170. The van der Waals surface area contributed by atoms with Crippen LogP contribution in [0.3, 0.4) is 0 Å². The van der Waals surface area contributed by atoms with E-state index in [1.807, 2.05) is 35.4 Å². The molecular weight excluding hydrogens is 202 g/mol. The summed E-state index contributed by atoms with van der Waals surface area (Å²) in [4.78, 5) is 5.21. The largest absolute Gasteiger partial charge is 0.385 e. The van der Waals surface area contributed by atoms with Crippen LogP contribution in [0.4, 0.5) is 0 Å². The van der Waals surface area contributed by atoms with E-state index in [-0.39, 0.29) is 5.92 Å². The van der Waals surface area contributed by atoms with Gasteiger partial charge in [0, 0.05) is 19.0 Å². The summed E-state index contributed by atoms with van der Waals surface area (Å²) in [5.41, 5.74) is 0.300. The minimum Gasteiger partial charge on any atom is -0.385 e. The molecule has 1 aliphatic heterocycles. The van der Waals surface area contributed by atoms with Gasteiger partial charge in [-0.3, -0.25) is 0 Å². The maximum atomic E-state index is 10.7. The van der Waals surface area contributed by atoms with Gasteiger partial charge in [0.15, 0.2) is 0 Å². The number of aliphatic hydroxyl groups is 1. The van der Waals surface area contributed by atoms with Crippen LogP contribution >= 0.6 is 0 Å². The van der Waals surface area contributed by atoms with E-state index in [4.69, 9.17) is 4.84 Å². The Morgan fingerprint density at radius 1 is 1.38 bits per heavy atom. The molecule has 2 atom stereocenters. The Hall–Kier alpha value is -0.900. The van der Waals surface area contributed by atoms with Crippen molar-refractivity contribution < 1.29 is 9.94 Å². The lowest BCUT2D eigenvalue weighted by Crippen LogP contribution is -2.48. The summed E-state index contributed by atoms with van der Waals surface area (Å²) in [6.07, 6.45) is 0.714. The van der Waals surface area contributed by atoms with Crippen LogP contribution in [-0.4, -0.2) is 30.4 Å². The molecular formula is C13H19NO2. The molecule has 0 aromatic heterocycles. The van der Waals surface area contributed by atoms with Gasteiger partial charge < -0.3 is 9.94 Å². The van der Waals surface area contributed by atoms with Crippen LogP contribution < -0.4 is 0 Å². The van der Waals surface area contributed by atoms with E-state index >= 15 is 0 Å². The molecule has 1 fully saturated rings. The van der Waals surface area contributed by atoms with E-state index in [2.05, 4.69) is 6.92 Å². The van der Waals surface area contributed by atoms with E-state index in [0.717, 1.165) is 18.7 Å². The van der Waals surface area contributed by atoms with Gasteiger partial charge in [0.25, 0.3) is 0 Å². The van der Waals surface area contributed by atoms with Gasteiger partial charge in [0.2, 0.25) is 0 Å². The second-order valence-corrected chi connectivity index (χ2v) is 4.51. The molecule has 0 spiro atoms. The number of hydrogen-bond donors (Lipinski definition) is 1. The Kier molecular flexibility index (Phi) is 3.28. The second kappa shape index (κ2) is 4.53. The van der Waals surface area contributed by atoms with Crippen molar-refractivity contribution >= 4 is 0 Å². The fourth-order valence-corrected chi connectivity index (χ4v) is 2.41. The van der Waals surface area contributed by atoms with Crippen molar-refractivity contribution in [3.05, 3.63) is 35.9 Å². The van der Waals surface area contributed by atoms with Crippen LogP contribution in [0.15, 0.2) is 30.3 Å². The van der Waals surface area contributed by atoms with Crippen molar-refractivity contribution in [3.63, 3.8) is 0 Å². The third-order valence-corrected chi connectivity index (χ3v) is 3.57. The highest BCUT2D eigenvalue weighted by Gasteiger charge is 2.40. The number of hydrogen-bond acceptors (Lipinski definition) is 3. The SMILES string of the molecule is CON1CCC(O)(c2ccccc2)C(C)C1. The first-order chi connectivity index (χ1) is 7.66. The zero-order chi connectivity index (χ0) is 11.6. The molecule has 3 heteroatoms. The summed E-state index contributed by atoms with van der Waals surface area (Å²) < 4.78 is 0. The molecule has 1 heterocycles. The quantitative estimate of drug-likeness (QED) is 0.826. The van der Waals surface area contributed by atoms with Crippen LogP contribution in [-0.2, 0) is 10.4 Å². The highest BCUT2D eigenvalue weighted by atomic mass is 16.7. The van der Waals surface area contributed by atoms with Crippen LogP contribution in [0.2, 0.25) is 0 Å². The fraction of sp³-hybridized carbons (Fsp3) is 0.538. The first kappa shape index (κ1) is 11.6. The average molecular weight is 221 g/mol. The molecule has 1 aliphatic rings. The number of rotatable bonds is 2. The molecule has 3 nitrogen and oxygen atoms in total. The average Bonchev–Trinajstić information content (AvgIpc) is 2.34. The highest BCUT2D eigenvalue weighted by Crippen LogP contribution is 2.36. The normalized spacial score (nSPS) is 31.6. The summed E-state index contributed by atoms with van der Waals surface area (Å²) in [6.45, 7) is 3.60. The molecule has 16 heavy (non-hydrogen) atoms. The third-order valence-electron chi connectivity index (χ3n) is 3.57. The first-order valence-corrected chi connectivity index (χ1v) is 5.74. The number of hydroxylamine groups is 2. The molecule has 0 bridgehead atoms. The lowest BCUT2D eigenvalue weighted by molar-refractivity contribution is -0.196. The van der Waals surface area contributed by atoms with Crippen molar-refractivity contribution in [1.29, 1.82) is 0 Å². The zero-order valence-electron chi connectivity index (χ0n) is 9.89. The molecule has 2 rings (SSSR count). The Labute approximate surface area is 96.6 Å². The molecule has 0 saturated carbocycles. The van der Waals surface area contributed by atoms with E-state index in [1.54, 1.807) is 7.11 Å². The lowest BCUT2D eigenvalue weighted by atomic mass is 9.77. The van der Waals surface area contributed by atoms with Crippen LogP contribution in [0.25, 0.3) is 0 Å². The topological polar surface area (TPSA) is 32.7 Å². The van der Waals surface area contributed by atoms with E-state index in [9.17, 15) is 5.11 Å². The van der Waals surface area contributed by atoms with Crippen LogP contribution in [0, 0.1) is 5.92 Å².